The molecule has 0 saturated heterocycles. The minimum atomic E-state index is -0.662. The molecule has 0 aliphatic heterocycles. The van der Waals surface area contributed by atoms with Gasteiger partial charge in [-0.1, -0.05) is 13.8 Å². The highest BCUT2D eigenvalue weighted by molar-refractivity contribution is 5.41. The largest absolute Gasteiger partial charge is 0.508 e. The fraction of sp³-hybridized carbons (Fsp3) is 0.571. The molecule has 0 aliphatic rings. The van der Waals surface area contributed by atoms with Crippen molar-refractivity contribution in [3.05, 3.63) is 23.8 Å². The topological polar surface area (TPSA) is 75.7 Å². The maximum Gasteiger partial charge on any atom is 0.120 e. The lowest BCUT2D eigenvalue weighted by Gasteiger charge is -2.21. The second-order valence-electron chi connectivity index (χ2n) is 4.99. The Morgan fingerprint density at radius 3 is 2.50 bits per heavy atom. The fourth-order valence-corrected chi connectivity index (χ4v) is 1.82. The van der Waals surface area contributed by atoms with E-state index in [1.807, 2.05) is 0 Å². The zero-order valence-electron chi connectivity index (χ0n) is 11.3. The van der Waals surface area contributed by atoms with Gasteiger partial charge >= 0.3 is 0 Å². The number of aliphatic hydroxyl groups excluding tert-OH is 1. The van der Waals surface area contributed by atoms with E-state index in [2.05, 4.69) is 13.8 Å². The molecule has 0 radical (unpaired) electrons. The Labute approximate surface area is 108 Å². The van der Waals surface area contributed by atoms with Gasteiger partial charge in [-0.3, -0.25) is 0 Å². The van der Waals surface area contributed by atoms with Crippen molar-refractivity contribution in [2.75, 3.05) is 7.11 Å². The van der Waals surface area contributed by atoms with Gasteiger partial charge in [0, 0.05) is 5.56 Å². The molecule has 1 aromatic carbocycles. The minimum Gasteiger partial charge on any atom is -0.508 e. The van der Waals surface area contributed by atoms with Gasteiger partial charge in [0.25, 0.3) is 0 Å². The Balaban J connectivity index is 2.78. The Morgan fingerprint density at radius 1 is 1.28 bits per heavy atom. The van der Waals surface area contributed by atoms with E-state index < -0.39 is 12.1 Å². The molecule has 0 aliphatic carbocycles. The van der Waals surface area contributed by atoms with Crippen LogP contribution in [0.2, 0.25) is 0 Å². The Kier molecular flexibility index (Phi) is 5.44. The molecule has 0 saturated carbocycles. The van der Waals surface area contributed by atoms with Gasteiger partial charge in [0.05, 0.1) is 19.3 Å². The lowest BCUT2D eigenvalue weighted by atomic mass is 9.95. The van der Waals surface area contributed by atoms with Gasteiger partial charge in [-0.05, 0) is 37.0 Å². The molecule has 1 rings (SSSR count). The first-order valence-corrected chi connectivity index (χ1v) is 6.26. The lowest BCUT2D eigenvalue weighted by Crippen LogP contribution is -2.26. The highest BCUT2D eigenvalue weighted by atomic mass is 16.5. The minimum absolute atomic E-state index is 0.0897. The van der Waals surface area contributed by atoms with Crippen LogP contribution < -0.4 is 10.5 Å². The number of phenolic OH excluding ortho intramolecular Hbond substituents is 1. The molecule has 102 valence electrons. The molecule has 0 fully saturated rings. The summed E-state index contributed by atoms with van der Waals surface area (Å²) in [5, 5.41) is 19.8. The number of ether oxygens (including phenoxy) is 1. The highest BCUT2D eigenvalue weighted by Gasteiger charge is 2.20. The number of methoxy groups -OCH3 is 1. The molecule has 2 atom stereocenters. The summed E-state index contributed by atoms with van der Waals surface area (Å²) >= 11 is 0. The molecular formula is C14H23NO3. The van der Waals surface area contributed by atoms with Crippen LogP contribution >= 0.6 is 0 Å². The number of aromatic hydroxyl groups is 1. The maximum atomic E-state index is 10.0. The van der Waals surface area contributed by atoms with Gasteiger partial charge in [-0.15, -0.1) is 0 Å². The van der Waals surface area contributed by atoms with Crippen LogP contribution in [0.15, 0.2) is 18.2 Å². The molecule has 18 heavy (non-hydrogen) atoms. The van der Waals surface area contributed by atoms with Gasteiger partial charge in [-0.2, -0.15) is 0 Å². The quantitative estimate of drug-likeness (QED) is 0.726. The average Bonchev–Trinajstić information content (AvgIpc) is 2.35. The van der Waals surface area contributed by atoms with Gasteiger partial charge in [-0.25, -0.2) is 0 Å². The first kappa shape index (κ1) is 14.8. The van der Waals surface area contributed by atoms with Crippen LogP contribution in [0.25, 0.3) is 0 Å². The summed E-state index contributed by atoms with van der Waals surface area (Å²) in [4.78, 5) is 0. The van der Waals surface area contributed by atoms with Crippen LogP contribution in [-0.4, -0.2) is 23.4 Å². The molecule has 0 amide bonds. The van der Waals surface area contributed by atoms with Gasteiger partial charge in [0.15, 0.2) is 0 Å². The molecule has 0 unspecified atom stereocenters. The van der Waals surface area contributed by atoms with Crippen molar-refractivity contribution in [1.82, 2.24) is 0 Å². The Bertz CT molecular complexity index is 379. The molecule has 0 aromatic heterocycles. The smallest absolute Gasteiger partial charge is 0.120 e. The number of aliphatic hydroxyl groups is 1. The number of nitrogens with two attached hydrogens (primary N) is 1. The first-order valence-electron chi connectivity index (χ1n) is 6.26. The van der Waals surface area contributed by atoms with Crippen molar-refractivity contribution in [3.63, 3.8) is 0 Å². The summed E-state index contributed by atoms with van der Waals surface area (Å²) in [6, 6.07) is 4.26. The normalized spacial score (nSPS) is 14.6. The third kappa shape index (κ3) is 3.89. The lowest BCUT2D eigenvalue weighted by molar-refractivity contribution is 0.127. The molecule has 1 aromatic rings. The van der Waals surface area contributed by atoms with Crippen LogP contribution in [0, 0.1) is 5.92 Å². The van der Waals surface area contributed by atoms with Crippen molar-refractivity contribution in [3.8, 4) is 11.5 Å². The summed E-state index contributed by atoms with van der Waals surface area (Å²) in [6.45, 7) is 4.20. The standard InChI is InChI=1S/C14H23NO3/c1-9(2)4-6-13(17)14(15)11-8-10(18-3)5-7-12(11)16/h5,7-9,13-14,16-17H,4,6,15H2,1-3H3/t13-,14+/m0/s1. The van der Waals surface area contributed by atoms with Crippen LogP contribution in [0.4, 0.5) is 0 Å². The van der Waals surface area contributed by atoms with Gasteiger partial charge < -0.3 is 20.7 Å². The van der Waals surface area contributed by atoms with Gasteiger partial charge in [0.2, 0.25) is 0 Å². The second-order valence-corrected chi connectivity index (χ2v) is 4.99. The van der Waals surface area contributed by atoms with E-state index in [1.54, 1.807) is 19.2 Å². The Morgan fingerprint density at radius 2 is 1.94 bits per heavy atom. The summed E-state index contributed by atoms with van der Waals surface area (Å²) in [5.41, 5.74) is 6.50. The number of hydrogen-bond acceptors (Lipinski definition) is 4. The van der Waals surface area contributed by atoms with Crippen molar-refractivity contribution in [2.45, 2.75) is 38.8 Å². The van der Waals surface area contributed by atoms with E-state index in [1.165, 1.54) is 6.07 Å². The number of benzene rings is 1. The number of phenols is 1. The molecule has 0 bridgehead atoms. The zero-order valence-corrected chi connectivity index (χ0v) is 11.3. The van der Waals surface area contributed by atoms with Crippen molar-refractivity contribution in [1.29, 1.82) is 0 Å². The summed E-state index contributed by atoms with van der Waals surface area (Å²) < 4.78 is 5.09. The maximum absolute atomic E-state index is 10.0. The van der Waals surface area contributed by atoms with E-state index in [0.29, 0.717) is 23.7 Å². The van der Waals surface area contributed by atoms with Crippen LogP contribution in [0.5, 0.6) is 11.5 Å². The monoisotopic (exact) mass is 253 g/mol. The fourth-order valence-electron chi connectivity index (χ4n) is 1.82. The average molecular weight is 253 g/mol. The number of hydrogen-bond donors (Lipinski definition) is 3. The summed E-state index contributed by atoms with van der Waals surface area (Å²) in [7, 11) is 1.55. The molecular weight excluding hydrogens is 230 g/mol. The zero-order chi connectivity index (χ0) is 13.7. The van der Waals surface area contributed by atoms with Crippen molar-refractivity contribution in [2.24, 2.45) is 11.7 Å². The first-order chi connectivity index (χ1) is 8.45. The van der Waals surface area contributed by atoms with E-state index >= 15 is 0 Å². The van der Waals surface area contributed by atoms with Gasteiger partial charge in [0.1, 0.15) is 11.5 Å². The molecule has 4 nitrogen and oxygen atoms in total. The van der Waals surface area contributed by atoms with E-state index in [-0.39, 0.29) is 5.75 Å². The molecule has 4 N–H and O–H groups in total. The summed E-state index contributed by atoms with van der Waals surface area (Å²) in [6.07, 6.45) is 0.861. The van der Waals surface area contributed by atoms with E-state index in [4.69, 9.17) is 10.5 Å². The van der Waals surface area contributed by atoms with Crippen LogP contribution in [0.1, 0.15) is 38.3 Å². The third-order valence-electron chi connectivity index (χ3n) is 3.05. The van der Waals surface area contributed by atoms with E-state index in [9.17, 15) is 10.2 Å². The number of rotatable bonds is 6. The molecule has 0 spiro atoms. The molecule has 4 heteroatoms. The molecule has 0 heterocycles. The van der Waals surface area contributed by atoms with E-state index in [0.717, 1.165) is 6.42 Å². The SMILES string of the molecule is COc1ccc(O)c([C@@H](N)[C@@H](O)CCC(C)C)c1. The van der Waals surface area contributed by atoms with Crippen molar-refractivity contribution < 1.29 is 14.9 Å². The third-order valence-corrected chi connectivity index (χ3v) is 3.05. The summed E-state index contributed by atoms with van der Waals surface area (Å²) in [5.74, 6) is 1.23. The highest BCUT2D eigenvalue weighted by Crippen LogP contribution is 2.30. The predicted octanol–water partition coefficient (Wildman–Crippen LogP) is 2.20. The second kappa shape index (κ2) is 6.61. The van der Waals surface area contributed by atoms with Crippen molar-refractivity contribution >= 4 is 0 Å². The predicted molar refractivity (Wildman–Crippen MR) is 71.7 cm³/mol. The van der Waals surface area contributed by atoms with Crippen LogP contribution in [0.3, 0.4) is 0 Å². The van der Waals surface area contributed by atoms with Crippen LogP contribution in [-0.2, 0) is 0 Å². The Hall–Kier alpha value is -1.26.